The van der Waals surface area contributed by atoms with Crippen LogP contribution in [0.1, 0.15) is 29.3 Å². The van der Waals surface area contributed by atoms with E-state index in [-0.39, 0.29) is 11.3 Å². The molecular weight excluding hydrogens is 343 g/mol. The van der Waals surface area contributed by atoms with Crippen molar-refractivity contribution in [1.29, 1.82) is 0 Å². The summed E-state index contributed by atoms with van der Waals surface area (Å²) in [5.74, 6) is -0.557. The molecule has 2 N–H and O–H groups in total. The van der Waals surface area contributed by atoms with Crippen molar-refractivity contribution in [3.05, 3.63) is 52.8 Å². The zero-order valence-electron chi connectivity index (χ0n) is 12.7. The fourth-order valence-corrected chi connectivity index (χ4v) is 2.18. The van der Waals surface area contributed by atoms with Crippen LogP contribution >= 0.6 is 11.6 Å². The van der Waals surface area contributed by atoms with Crippen molar-refractivity contribution in [2.24, 2.45) is 0 Å². The smallest absolute Gasteiger partial charge is 0.384 e. The molecular formula is C16H15ClF3N3O. The minimum absolute atomic E-state index is 0.00338. The molecule has 0 unspecified atom stereocenters. The maximum Gasteiger partial charge on any atom is 0.417 e. The predicted octanol–water partition coefficient (Wildman–Crippen LogP) is 4.83. The molecule has 8 heteroatoms. The number of nitrogens with one attached hydrogen (secondary N) is 2. The van der Waals surface area contributed by atoms with E-state index in [1.54, 1.807) is 12.3 Å². The lowest BCUT2D eigenvalue weighted by atomic mass is 10.1. The molecule has 2 aromatic rings. The first-order valence-electron chi connectivity index (χ1n) is 7.18. The van der Waals surface area contributed by atoms with Crippen LogP contribution in [0.4, 0.5) is 24.5 Å². The number of alkyl halides is 3. The Morgan fingerprint density at radius 2 is 1.96 bits per heavy atom. The van der Waals surface area contributed by atoms with E-state index < -0.39 is 22.7 Å². The first kappa shape index (κ1) is 18.1. The number of hydrogen-bond acceptors (Lipinski definition) is 3. The Hall–Kier alpha value is -2.28. The van der Waals surface area contributed by atoms with Crippen LogP contribution in [0.3, 0.4) is 0 Å². The van der Waals surface area contributed by atoms with Gasteiger partial charge in [-0.25, -0.2) is 0 Å². The van der Waals surface area contributed by atoms with Gasteiger partial charge in [-0.1, -0.05) is 18.5 Å². The van der Waals surface area contributed by atoms with Crippen LogP contribution in [0.2, 0.25) is 5.02 Å². The highest BCUT2D eigenvalue weighted by atomic mass is 35.5. The van der Waals surface area contributed by atoms with Gasteiger partial charge in [0, 0.05) is 24.6 Å². The Morgan fingerprint density at radius 3 is 2.62 bits per heavy atom. The van der Waals surface area contributed by atoms with E-state index in [9.17, 15) is 18.0 Å². The van der Waals surface area contributed by atoms with Crippen LogP contribution in [-0.4, -0.2) is 17.4 Å². The first-order valence-corrected chi connectivity index (χ1v) is 7.56. The predicted molar refractivity (Wildman–Crippen MR) is 87.4 cm³/mol. The molecule has 1 heterocycles. The van der Waals surface area contributed by atoms with Crippen molar-refractivity contribution < 1.29 is 18.0 Å². The Morgan fingerprint density at radius 1 is 1.21 bits per heavy atom. The first-order chi connectivity index (χ1) is 11.3. The zero-order chi connectivity index (χ0) is 17.7. The monoisotopic (exact) mass is 357 g/mol. The molecule has 0 atom stereocenters. The molecule has 0 aliphatic carbocycles. The van der Waals surface area contributed by atoms with Gasteiger partial charge in [0.1, 0.15) is 0 Å². The van der Waals surface area contributed by atoms with Gasteiger partial charge in [-0.15, -0.1) is 0 Å². The van der Waals surface area contributed by atoms with Gasteiger partial charge in [-0.3, -0.25) is 9.78 Å². The third-order valence-electron chi connectivity index (χ3n) is 3.11. The largest absolute Gasteiger partial charge is 0.417 e. The second-order valence-corrected chi connectivity index (χ2v) is 5.44. The van der Waals surface area contributed by atoms with E-state index in [2.05, 4.69) is 15.6 Å². The number of aromatic nitrogens is 1. The maximum absolute atomic E-state index is 12.8. The van der Waals surface area contributed by atoms with Crippen LogP contribution in [-0.2, 0) is 6.18 Å². The topological polar surface area (TPSA) is 54.0 Å². The fraction of sp³-hybridized carbons (Fsp3) is 0.250. The van der Waals surface area contributed by atoms with E-state index in [4.69, 9.17) is 11.6 Å². The molecule has 0 aliphatic heterocycles. The molecule has 0 spiro atoms. The second-order valence-electron chi connectivity index (χ2n) is 5.04. The van der Waals surface area contributed by atoms with E-state index in [1.807, 2.05) is 6.92 Å². The molecule has 0 saturated carbocycles. The van der Waals surface area contributed by atoms with Crippen LogP contribution < -0.4 is 10.6 Å². The summed E-state index contributed by atoms with van der Waals surface area (Å²) in [6.07, 6.45) is -0.783. The van der Waals surface area contributed by atoms with E-state index in [1.165, 1.54) is 12.3 Å². The lowest BCUT2D eigenvalue weighted by molar-refractivity contribution is -0.137. The molecule has 2 rings (SSSR count). The molecule has 0 radical (unpaired) electrons. The van der Waals surface area contributed by atoms with Gasteiger partial charge in [0.15, 0.2) is 0 Å². The average molecular weight is 358 g/mol. The maximum atomic E-state index is 12.8. The van der Waals surface area contributed by atoms with Gasteiger partial charge in [-0.2, -0.15) is 13.2 Å². The van der Waals surface area contributed by atoms with Gasteiger partial charge in [0.2, 0.25) is 0 Å². The molecule has 128 valence electrons. The lowest BCUT2D eigenvalue weighted by Gasteiger charge is -2.12. The third kappa shape index (κ3) is 4.61. The highest BCUT2D eigenvalue weighted by Gasteiger charge is 2.33. The molecule has 0 aliphatic rings. The normalized spacial score (nSPS) is 11.2. The molecule has 24 heavy (non-hydrogen) atoms. The van der Waals surface area contributed by atoms with Crippen molar-refractivity contribution in [3.63, 3.8) is 0 Å². The van der Waals surface area contributed by atoms with E-state index in [0.717, 1.165) is 25.1 Å². The number of rotatable bonds is 5. The Labute approximate surface area is 142 Å². The minimum atomic E-state index is -4.59. The fourth-order valence-electron chi connectivity index (χ4n) is 1.95. The molecule has 1 aromatic heterocycles. The quantitative estimate of drug-likeness (QED) is 0.806. The SMILES string of the molecule is CCCNc1cncc(C(=O)Nc2ccc(Cl)c(C(F)(F)F)c2)c1. The summed E-state index contributed by atoms with van der Waals surface area (Å²) in [4.78, 5) is 16.1. The van der Waals surface area contributed by atoms with Crippen molar-refractivity contribution in [2.45, 2.75) is 19.5 Å². The summed E-state index contributed by atoms with van der Waals surface area (Å²) < 4.78 is 38.5. The van der Waals surface area contributed by atoms with Gasteiger partial charge < -0.3 is 10.6 Å². The highest BCUT2D eigenvalue weighted by Crippen LogP contribution is 2.36. The van der Waals surface area contributed by atoms with Gasteiger partial charge >= 0.3 is 6.18 Å². The number of carbonyl (C=O) groups is 1. The number of benzene rings is 1. The van der Waals surface area contributed by atoms with Crippen molar-refractivity contribution >= 4 is 28.9 Å². The van der Waals surface area contributed by atoms with Crippen molar-refractivity contribution in [2.75, 3.05) is 17.2 Å². The molecule has 1 aromatic carbocycles. The van der Waals surface area contributed by atoms with E-state index >= 15 is 0 Å². The summed E-state index contributed by atoms with van der Waals surface area (Å²) in [7, 11) is 0. The van der Waals surface area contributed by atoms with Crippen molar-refractivity contribution in [3.8, 4) is 0 Å². The summed E-state index contributed by atoms with van der Waals surface area (Å²) >= 11 is 5.55. The number of amides is 1. The number of carbonyl (C=O) groups excluding carboxylic acids is 1. The Bertz CT molecular complexity index is 735. The molecule has 1 amide bonds. The second kappa shape index (κ2) is 7.53. The number of halogens is 4. The van der Waals surface area contributed by atoms with Gasteiger partial charge in [0.05, 0.1) is 21.8 Å². The Balaban J connectivity index is 2.18. The lowest BCUT2D eigenvalue weighted by Crippen LogP contribution is -2.14. The average Bonchev–Trinajstić information content (AvgIpc) is 2.54. The zero-order valence-corrected chi connectivity index (χ0v) is 13.5. The number of anilines is 2. The van der Waals surface area contributed by atoms with E-state index in [0.29, 0.717) is 5.69 Å². The molecule has 0 saturated heterocycles. The van der Waals surface area contributed by atoms with Crippen LogP contribution in [0, 0.1) is 0 Å². The number of hydrogen-bond donors (Lipinski definition) is 2. The van der Waals surface area contributed by atoms with Crippen molar-refractivity contribution in [1.82, 2.24) is 4.98 Å². The van der Waals surface area contributed by atoms with Crippen LogP contribution in [0.5, 0.6) is 0 Å². The summed E-state index contributed by atoms with van der Waals surface area (Å²) in [6, 6.07) is 4.78. The summed E-state index contributed by atoms with van der Waals surface area (Å²) in [6.45, 7) is 2.72. The molecule has 0 bridgehead atoms. The third-order valence-corrected chi connectivity index (χ3v) is 3.44. The molecule has 4 nitrogen and oxygen atoms in total. The Kier molecular flexibility index (Phi) is 5.66. The van der Waals surface area contributed by atoms with Gasteiger partial charge in [0.25, 0.3) is 5.91 Å². The molecule has 0 fully saturated rings. The number of nitrogens with zero attached hydrogens (tertiary/aromatic N) is 1. The minimum Gasteiger partial charge on any atom is -0.384 e. The number of pyridine rings is 1. The van der Waals surface area contributed by atoms with Crippen LogP contribution in [0.15, 0.2) is 36.7 Å². The summed E-state index contributed by atoms with van der Waals surface area (Å²) in [5, 5.41) is 5.07. The standard InChI is InChI=1S/C16H15ClF3N3O/c1-2-5-22-12-6-10(8-21-9-12)15(24)23-11-3-4-14(17)13(7-11)16(18,19)20/h3-4,6-9,22H,2,5H2,1H3,(H,23,24). The summed E-state index contributed by atoms with van der Waals surface area (Å²) in [5.41, 5.74) is -0.0988. The highest BCUT2D eigenvalue weighted by molar-refractivity contribution is 6.31. The van der Waals surface area contributed by atoms with Gasteiger partial charge in [-0.05, 0) is 30.7 Å². The van der Waals surface area contributed by atoms with Crippen LogP contribution in [0.25, 0.3) is 0 Å².